The number of anilines is 3. The standard InChI is InChI=1S/C20H15F3N6OS/c1-11-25-16(24)10-17(26-11)30-15-7-2-4-12(8-15)18-28-29-19(31-18)27-14-6-3-5-13(9-14)20(21,22)23/h2-10H,1H3,(H,27,29)(H2,24,25,26). The number of hydrogen-bond acceptors (Lipinski definition) is 8. The molecule has 0 fully saturated rings. The molecular formula is C20H15F3N6OS. The molecular weight excluding hydrogens is 429 g/mol. The summed E-state index contributed by atoms with van der Waals surface area (Å²) >= 11 is 1.20. The van der Waals surface area contributed by atoms with Gasteiger partial charge in [0.05, 0.1) is 5.56 Å². The lowest BCUT2D eigenvalue weighted by Gasteiger charge is -2.08. The van der Waals surface area contributed by atoms with Crippen molar-refractivity contribution in [1.29, 1.82) is 0 Å². The second-order valence-electron chi connectivity index (χ2n) is 6.42. The minimum absolute atomic E-state index is 0.270. The van der Waals surface area contributed by atoms with Gasteiger partial charge in [-0.2, -0.15) is 18.2 Å². The fourth-order valence-electron chi connectivity index (χ4n) is 2.72. The molecule has 31 heavy (non-hydrogen) atoms. The lowest BCUT2D eigenvalue weighted by atomic mass is 10.2. The number of halogens is 3. The summed E-state index contributed by atoms with van der Waals surface area (Å²) in [5.41, 5.74) is 5.97. The number of hydrogen-bond donors (Lipinski definition) is 2. The van der Waals surface area contributed by atoms with E-state index in [4.69, 9.17) is 10.5 Å². The molecule has 0 radical (unpaired) electrons. The van der Waals surface area contributed by atoms with Crippen LogP contribution in [0.1, 0.15) is 11.4 Å². The van der Waals surface area contributed by atoms with Crippen LogP contribution in [0.4, 0.5) is 29.8 Å². The average Bonchev–Trinajstić information content (AvgIpc) is 3.15. The molecule has 0 aliphatic rings. The SMILES string of the molecule is Cc1nc(N)cc(Oc2cccc(-c3nnc(Nc4cccc(C(F)(F)F)c4)s3)c2)n1. The second kappa shape index (κ2) is 8.19. The van der Waals surface area contributed by atoms with Crippen LogP contribution in [0.3, 0.4) is 0 Å². The summed E-state index contributed by atoms with van der Waals surface area (Å²) in [4.78, 5) is 8.18. The van der Waals surface area contributed by atoms with Crippen LogP contribution >= 0.6 is 11.3 Å². The molecule has 0 saturated heterocycles. The first-order valence-corrected chi connectivity index (χ1v) is 9.75. The molecule has 0 unspecified atom stereocenters. The van der Waals surface area contributed by atoms with Gasteiger partial charge in [0.2, 0.25) is 11.0 Å². The summed E-state index contributed by atoms with van der Waals surface area (Å²) in [6, 6.07) is 13.5. The largest absolute Gasteiger partial charge is 0.439 e. The van der Waals surface area contributed by atoms with E-state index in [9.17, 15) is 13.2 Å². The minimum Gasteiger partial charge on any atom is -0.439 e. The molecule has 0 bridgehead atoms. The summed E-state index contributed by atoms with van der Waals surface area (Å²) in [5.74, 6) is 1.61. The number of alkyl halides is 3. The van der Waals surface area contributed by atoms with Crippen molar-refractivity contribution in [2.75, 3.05) is 11.1 Å². The Hall–Kier alpha value is -3.73. The van der Waals surface area contributed by atoms with Gasteiger partial charge >= 0.3 is 6.18 Å². The molecule has 0 amide bonds. The maximum atomic E-state index is 12.9. The Bertz CT molecular complexity index is 1210. The van der Waals surface area contributed by atoms with E-state index in [1.165, 1.54) is 29.5 Å². The third-order valence-electron chi connectivity index (χ3n) is 4.00. The molecule has 7 nitrogen and oxygen atoms in total. The number of rotatable bonds is 5. The normalized spacial score (nSPS) is 11.4. The van der Waals surface area contributed by atoms with Gasteiger partial charge in [0.15, 0.2) is 0 Å². The van der Waals surface area contributed by atoms with E-state index >= 15 is 0 Å². The van der Waals surface area contributed by atoms with Crippen molar-refractivity contribution in [3.63, 3.8) is 0 Å². The number of benzene rings is 2. The number of nitrogens with one attached hydrogen (secondary N) is 1. The van der Waals surface area contributed by atoms with Crippen molar-refractivity contribution < 1.29 is 17.9 Å². The number of aromatic nitrogens is 4. The Morgan fingerprint density at radius 1 is 1.00 bits per heavy atom. The predicted molar refractivity (Wildman–Crippen MR) is 111 cm³/mol. The maximum absolute atomic E-state index is 12.9. The van der Waals surface area contributed by atoms with Gasteiger partial charge in [-0.3, -0.25) is 0 Å². The molecule has 0 aliphatic carbocycles. The molecule has 0 atom stereocenters. The van der Waals surface area contributed by atoms with Crippen LogP contribution in [-0.2, 0) is 6.18 Å². The Balaban J connectivity index is 1.52. The Labute approximate surface area is 178 Å². The highest BCUT2D eigenvalue weighted by Gasteiger charge is 2.30. The van der Waals surface area contributed by atoms with E-state index in [2.05, 4.69) is 25.5 Å². The Kier molecular flexibility index (Phi) is 5.42. The zero-order valence-electron chi connectivity index (χ0n) is 16.0. The smallest absolute Gasteiger partial charge is 0.416 e. The molecule has 2 heterocycles. The van der Waals surface area contributed by atoms with Gasteiger partial charge in [0, 0.05) is 17.3 Å². The third-order valence-corrected chi connectivity index (χ3v) is 4.89. The van der Waals surface area contributed by atoms with E-state index in [-0.39, 0.29) is 5.69 Å². The van der Waals surface area contributed by atoms with Gasteiger partial charge in [0.1, 0.15) is 22.4 Å². The summed E-state index contributed by atoms with van der Waals surface area (Å²) in [7, 11) is 0. The van der Waals surface area contributed by atoms with Gasteiger partial charge < -0.3 is 15.8 Å². The molecule has 4 aromatic rings. The zero-order chi connectivity index (χ0) is 22.0. The molecule has 0 saturated carbocycles. The van der Waals surface area contributed by atoms with Crippen LogP contribution in [0, 0.1) is 6.92 Å². The summed E-state index contributed by atoms with van der Waals surface area (Å²) in [5, 5.41) is 11.9. The number of ether oxygens (including phenoxy) is 1. The van der Waals surface area contributed by atoms with Gasteiger partial charge in [-0.1, -0.05) is 29.5 Å². The number of nitrogens with two attached hydrogens (primary N) is 1. The van der Waals surface area contributed by atoms with Crippen LogP contribution in [-0.4, -0.2) is 20.2 Å². The lowest BCUT2D eigenvalue weighted by molar-refractivity contribution is -0.137. The van der Waals surface area contributed by atoms with E-state index < -0.39 is 11.7 Å². The topological polar surface area (TPSA) is 98.8 Å². The first kappa shape index (κ1) is 20.5. The monoisotopic (exact) mass is 444 g/mol. The molecule has 4 rings (SSSR count). The van der Waals surface area contributed by atoms with Gasteiger partial charge in [-0.25, -0.2) is 4.98 Å². The van der Waals surface area contributed by atoms with Crippen LogP contribution in [0.25, 0.3) is 10.6 Å². The third kappa shape index (κ3) is 5.07. The number of aryl methyl sites for hydroxylation is 1. The van der Waals surface area contributed by atoms with E-state index in [1.807, 2.05) is 6.07 Å². The molecule has 11 heteroatoms. The fraction of sp³-hybridized carbons (Fsp3) is 0.100. The zero-order valence-corrected chi connectivity index (χ0v) is 16.8. The molecule has 158 valence electrons. The molecule has 2 aromatic carbocycles. The summed E-state index contributed by atoms with van der Waals surface area (Å²) in [6.45, 7) is 1.71. The van der Waals surface area contributed by atoms with E-state index in [0.717, 1.165) is 17.7 Å². The minimum atomic E-state index is -4.42. The van der Waals surface area contributed by atoms with Crippen LogP contribution in [0.15, 0.2) is 54.6 Å². The molecule has 0 aliphatic heterocycles. The Morgan fingerprint density at radius 2 is 1.81 bits per heavy atom. The quantitative estimate of drug-likeness (QED) is 0.423. The molecule has 0 spiro atoms. The lowest BCUT2D eigenvalue weighted by Crippen LogP contribution is -2.05. The van der Waals surface area contributed by atoms with Crippen molar-refractivity contribution >= 4 is 28.0 Å². The first-order chi connectivity index (χ1) is 14.8. The highest BCUT2D eigenvalue weighted by atomic mass is 32.1. The highest BCUT2D eigenvalue weighted by molar-refractivity contribution is 7.18. The van der Waals surface area contributed by atoms with Gasteiger partial charge in [0.25, 0.3) is 0 Å². The highest BCUT2D eigenvalue weighted by Crippen LogP contribution is 2.34. The van der Waals surface area contributed by atoms with Crippen LogP contribution < -0.4 is 15.8 Å². The average molecular weight is 444 g/mol. The summed E-state index contributed by atoms with van der Waals surface area (Å²) in [6.07, 6.45) is -4.42. The number of nitrogens with zero attached hydrogens (tertiary/aromatic N) is 4. The Morgan fingerprint density at radius 3 is 2.58 bits per heavy atom. The van der Waals surface area contributed by atoms with Crippen molar-refractivity contribution in [2.24, 2.45) is 0 Å². The molecule has 2 aromatic heterocycles. The van der Waals surface area contributed by atoms with Gasteiger partial charge in [-0.05, 0) is 37.3 Å². The van der Waals surface area contributed by atoms with Crippen LogP contribution in [0.2, 0.25) is 0 Å². The van der Waals surface area contributed by atoms with E-state index in [1.54, 1.807) is 25.1 Å². The number of nitrogen functional groups attached to an aromatic ring is 1. The second-order valence-corrected chi connectivity index (χ2v) is 7.40. The fourth-order valence-corrected chi connectivity index (χ4v) is 3.48. The van der Waals surface area contributed by atoms with Crippen molar-refractivity contribution in [1.82, 2.24) is 20.2 Å². The van der Waals surface area contributed by atoms with Crippen molar-refractivity contribution in [3.8, 4) is 22.2 Å². The molecule has 3 N–H and O–H groups in total. The van der Waals surface area contributed by atoms with Gasteiger partial charge in [-0.15, -0.1) is 10.2 Å². The van der Waals surface area contributed by atoms with Crippen molar-refractivity contribution in [2.45, 2.75) is 13.1 Å². The predicted octanol–water partition coefficient (Wildman–Crippen LogP) is 5.44. The summed E-state index contributed by atoms with van der Waals surface area (Å²) < 4.78 is 44.4. The van der Waals surface area contributed by atoms with E-state index in [0.29, 0.717) is 33.4 Å². The van der Waals surface area contributed by atoms with Crippen molar-refractivity contribution in [3.05, 3.63) is 66.0 Å². The van der Waals surface area contributed by atoms with Crippen LogP contribution in [0.5, 0.6) is 11.6 Å². The first-order valence-electron chi connectivity index (χ1n) is 8.93. The maximum Gasteiger partial charge on any atom is 0.416 e.